The molecular weight excluding hydrogens is 164 g/mol. The third-order valence-corrected chi connectivity index (χ3v) is 1.86. The minimum absolute atomic E-state index is 0.111. The summed E-state index contributed by atoms with van der Waals surface area (Å²) in [5.41, 5.74) is 5.20. The Kier molecular flexibility index (Phi) is 2.63. The van der Waals surface area contributed by atoms with E-state index in [2.05, 4.69) is 4.99 Å². The molecule has 1 heterocycles. The fraction of sp³-hybridized carbons (Fsp3) is 0.833. The van der Waals surface area contributed by atoms with Crippen LogP contribution in [0.1, 0.15) is 0 Å². The van der Waals surface area contributed by atoms with Gasteiger partial charge in [-0.15, -0.1) is 0 Å². The second-order valence-electron chi connectivity index (χ2n) is 2.73. The van der Waals surface area contributed by atoms with Gasteiger partial charge in [0, 0.05) is 0 Å². The maximum Gasteiger partial charge on any atom is 0.139 e. The van der Waals surface area contributed by atoms with Crippen LogP contribution in [0.3, 0.4) is 0 Å². The van der Waals surface area contributed by atoms with Crippen molar-refractivity contribution in [1.82, 2.24) is 0 Å². The molecule has 1 rings (SSSR count). The van der Waals surface area contributed by atoms with E-state index in [0.29, 0.717) is 0 Å². The first-order valence-corrected chi connectivity index (χ1v) is 3.56. The maximum atomic E-state index is 9.21. The summed E-state index contributed by atoms with van der Waals surface area (Å²) in [5, 5.41) is 35.9. The van der Waals surface area contributed by atoms with Crippen molar-refractivity contribution in [2.45, 2.75) is 24.4 Å². The van der Waals surface area contributed by atoms with Gasteiger partial charge in [-0.2, -0.15) is 0 Å². The van der Waals surface area contributed by atoms with Gasteiger partial charge >= 0.3 is 0 Å². The van der Waals surface area contributed by atoms with Crippen molar-refractivity contribution in [3.8, 4) is 0 Å². The van der Waals surface area contributed by atoms with E-state index >= 15 is 0 Å². The molecule has 0 saturated heterocycles. The summed E-state index contributed by atoms with van der Waals surface area (Å²) in [6, 6.07) is -0.926. The topological polar surface area (TPSA) is 119 Å². The zero-order valence-electron chi connectivity index (χ0n) is 6.33. The molecule has 1 aliphatic rings. The molecule has 0 fully saturated rings. The number of nitrogens with zero attached hydrogens (tertiary/aromatic N) is 1. The van der Waals surface area contributed by atoms with Crippen molar-refractivity contribution >= 4 is 5.84 Å². The SMILES string of the molecule is NC1=NC(C(O)CO)C(O)C1O. The van der Waals surface area contributed by atoms with Crippen LogP contribution in [0.5, 0.6) is 0 Å². The highest BCUT2D eigenvalue weighted by atomic mass is 16.3. The molecule has 4 atom stereocenters. The first-order chi connectivity index (χ1) is 5.57. The first-order valence-electron chi connectivity index (χ1n) is 3.56. The van der Waals surface area contributed by atoms with Gasteiger partial charge in [-0.25, -0.2) is 0 Å². The summed E-state index contributed by atoms with van der Waals surface area (Å²) >= 11 is 0. The molecule has 6 N–H and O–H groups in total. The third kappa shape index (κ3) is 1.42. The number of nitrogens with two attached hydrogens (primary N) is 1. The summed E-state index contributed by atoms with van der Waals surface area (Å²) < 4.78 is 0. The van der Waals surface area contributed by atoms with Gasteiger partial charge in [0.1, 0.15) is 30.2 Å². The molecule has 0 aromatic rings. The van der Waals surface area contributed by atoms with Crippen LogP contribution in [0.25, 0.3) is 0 Å². The van der Waals surface area contributed by atoms with Gasteiger partial charge in [-0.3, -0.25) is 4.99 Å². The zero-order valence-corrected chi connectivity index (χ0v) is 6.33. The van der Waals surface area contributed by atoms with Crippen LogP contribution in [-0.4, -0.2) is 57.2 Å². The number of rotatable bonds is 2. The lowest BCUT2D eigenvalue weighted by Crippen LogP contribution is -2.42. The van der Waals surface area contributed by atoms with E-state index in [1.807, 2.05) is 0 Å². The van der Waals surface area contributed by atoms with Crippen molar-refractivity contribution in [2.24, 2.45) is 10.7 Å². The quantitative estimate of drug-likeness (QED) is 0.303. The van der Waals surface area contributed by atoms with Crippen molar-refractivity contribution in [2.75, 3.05) is 6.61 Å². The van der Waals surface area contributed by atoms with E-state index in [0.717, 1.165) is 0 Å². The molecule has 6 heteroatoms. The van der Waals surface area contributed by atoms with E-state index in [9.17, 15) is 5.11 Å². The number of hydrogen-bond acceptors (Lipinski definition) is 6. The van der Waals surface area contributed by atoms with E-state index in [4.69, 9.17) is 21.1 Å². The third-order valence-electron chi connectivity index (χ3n) is 1.86. The Hall–Kier alpha value is -0.690. The van der Waals surface area contributed by atoms with Crippen molar-refractivity contribution in [3.63, 3.8) is 0 Å². The second kappa shape index (κ2) is 3.36. The Bertz CT molecular complexity index is 196. The normalized spacial score (nSPS) is 38.0. The summed E-state index contributed by atoms with van der Waals surface area (Å²) in [6.45, 7) is -0.523. The summed E-state index contributed by atoms with van der Waals surface area (Å²) in [5.74, 6) is -0.111. The molecule has 0 radical (unpaired) electrons. The van der Waals surface area contributed by atoms with Crippen LogP contribution in [0.15, 0.2) is 4.99 Å². The van der Waals surface area contributed by atoms with Crippen LogP contribution in [0, 0.1) is 0 Å². The summed E-state index contributed by atoms with van der Waals surface area (Å²) in [7, 11) is 0. The van der Waals surface area contributed by atoms with Crippen LogP contribution in [0.2, 0.25) is 0 Å². The monoisotopic (exact) mass is 176 g/mol. The second-order valence-corrected chi connectivity index (χ2v) is 2.73. The molecule has 0 saturated carbocycles. The lowest BCUT2D eigenvalue weighted by Gasteiger charge is -2.18. The molecule has 0 bridgehead atoms. The molecule has 1 aliphatic heterocycles. The molecule has 70 valence electrons. The molecule has 0 aliphatic carbocycles. The van der Waals surface area contributed by atoms with Gasteiger partial charge in [0.15, 0.2) is 0 Å². The molecule has 0 spiro atoms. The Morgan fingerprint density at radius 1 is 1.50 bits per heavy atom. The van der Waals surface area contributed by atoms with Crippen LogP contribution in [-0.2, 0) is 0 Å². The first kappa shape index (κ1) is 9.40. The predicted molar refractivity (Wildman–Crippen MR) is 40.5 cm³/mol. The smallest absolute Gasteiger partial charge is 0.139 e. The van der Waals surface area contributed by atoms with Gasteiger partial charge in [0.25, 0.3) is 0 Å². The Balaban J connectivity index is 2.69. The number of aliphatic hydroxyl groups excluding tert-OH is 4. The fourth-order valence-electron chi connectivity index (χ4n) is 1.11. The molecule has 0 aromatic carbocycles. The maximum absolute atomic E-state index is 9.21. The number of aliphatic hydroxyl groups is 4. The highest BCUT2D eigenvalue weighted by Crippen LogP contribution is 2.16. The Labute approximate surface area is 69.0 Å². The summed E-state index contributed by atoms with van der Waals surface area (Å²) in [6.07, 6.45) is -3.65. The molecule has 6 nitrogen and oxygen atoms in total. The van der Waals surface area contributed by atoms with Crippen LogP contribution < -0.4 is 5.73 Å². The highest BCUT2D eigenvalue weighted by molar-refractivity contribution is 5.87. The number of amidine groups is 1. The van der Waals surface area contributed by atoms with E-state index in [1.165, 1.54) is 0 Å². The Morgan fingerprint density at radius 2 is 2.08 bits per heavy atom. The fourth-order valence-corrected chi connectivity index (χ4v) is 1.11. The van der Waals surface area contributed by atoms with E-state index in [-0.39, 0.29) is 5.84 Å². The molecule has 0 amide bonds. The number of hydrogen-bond donors (Lipinski definition) is 5. The van der Waals surface area contributed by atoms with Gasteiger partial charge in [0.2, 0.25) is 0 Å². The largest absolute Gasteiger partial charge is 0.394 e. The average molecular weight is 176 g/mol. The average Bonchev–Trinajstić information content (AvgIpc) is 2.32. The van der Waals surface area contributed by atoms with Crippen molar-refractivity contribution in [3.05, 3.63) is 0 Å². The van der Waals surface area contributed by atoms with E-state index in [1.54, 1.807) is 0 Å². The number of aliphatic imine (C=N–C) groups is 1. The minimum Gasteiger partial charge on any atom is -0.394 e. The van der Waals surface area contributed by atoms with Crippen molar-refractivity contribution in [1.29, 1.82) is 0 Å². The van der Waals surface area contributed by atoms with Crippen LogP contribution >= 0.6 is 0 Å². The lowest BCUT2D eigenvalue weighted by atomic mass is 10.0. The van der Waals surface area contributed by atoms with Gasteiger partial charge in [-0.05, 0) is 0 Å². The van der Waals surface area contributed by atoms with E-state index < -0.39 is 31.0 Å². The van der Waals surface area contributed by atoms with Gasteiger partial charge < -0.3 is 26.2 Å². The van der Waals surface area contributed by atoms with Gasteiger partial charge in [0.05, 0.1) is 6.61 Å². The predicted octanol–water partition coefficient (Wildman–Crippen LogP) is -3.20. The van der Waals surface area contributed by atoms with Gasteiger partial charge in [-0.1, -0.05) is 0 Å². The zero-order chi connectivity index (χ0) is 9.30. The molecule has 4 unspecified atom stereocenters. The minimum atomic E-state index is -1.24. The van der Waals surface area contributed by atoms with Crippen LogP contribution in [0.4, 0.5) is 0 Å². The Morgan fingerprint density at radius 3 is 2.42 bits per heavy atom. The lowest BCUT2D eigenvalue weighted by molar-refractivity contribution is -0.00527. The highest BCUT2D eigenvalue weighted by Gasteiger charge is 2.38. The van der Waals surface area contributed by atoms with Crippen molar-refractivity contribution < 1.29 is 20.4 Å². The standard InChI is InChI=1S/C6H12N2O4/c7-6-5(12)4(11)3(8-6)2(10)1-9/h2-5,9-12H,1H2,(H2,7,8). The molecule has 0 aromatic heterocycles. The summed E-state index contributed by atoms with van der Waals surface area (Å²) in [4.78, 5) is 3.61. The molecular formula is C6H12N2O4. The molecule has 12 heavy (non-hydrogen) atoms.